The third-order valence-electron chi connectivity index (χ3n) is 1.10. The van der Waals surface area contributed by atoms with Crippen molar-refractivity contribution in [3.63, 3.8) is 0 Å². The second-order valence-corrected chi connectivity index (χ2v) is 1.77. The lowest BCUT2D eigenvalue weighted by molar-refractivity contribution is 0.563. The SMILES string of the molecule is CCC(=CN=C=O)CN=C=O. The lowest BCUT2D eigenvalue weighted by Crippen LogP contribution is -1.84. The smallest absolute Gasteiger partial charge is 0.211 e. The highest BCUT2D eigenvalue weighted by molar-refractivity contribution is 5.36. The molecule has 0 N–H and O–H groups in total. The first-order valence-electron chi connectivity index (χ1n) is 3.13. The van der Waals surface area contributed by atoms with Crippen molar-refractivity contribution >= 4 is 12.2 Å². The molecule has 0 unspecified atom stereocenters. The van der Waals surface area contributed by atoms with Gasteiger partial charge in [0.15, 0.2) is 0 Å². The number of aliphatic imine (C=N–C) groups is 2. The first-order chi connectivity index (χ1) is 5.35. The van der Waals surface area contributed by atoms with E-state index in [1.54, 1.807) is 0 Å². The quantitative estimate of drug-likeness (QED) is 0.444. The summed E-state index contributed by atoms with van der Waals surface area (Å²) in [6, 6.07) is 0. The molecule has 0 aromatic rings. The lowest BCUT2D eigenvalue weighted by Gasteiger charge is -1.92. The van der Waals surface area contributed by atoms with Crippen molar-refractivity contribution < 1.29 is 9.59 Å². The van der Waals surface area contributed by atoms with Gasteiger partial charge in [0.2, 0.25) is 12.2 Å². The molecule has 0 heterocycles. The highest BCUT2D eigenvalue weighted by atomic mass is 16.1. The standard InChI is InChI=1S/C7H8N2O2/c1-2-7(3-8-5-10)4-9-6-11/h3H,2,4H2,1H3. The summed E-state index contributed by atoms with van der Waals surface area (Å²) in [4.78, 5) is 25.9. The molecule has 0 fully saturated rings. The first-order valence-corrected chi connectivity index (χ1v) is 3.13. The molecule has 0 saturated heterocycles. The van der Waals surface area contributed by atoms with Gasteiger partial charge < -0.3 is 0 Å². The molecule has 0 aliphatic carbocycles. The Kier molecular flexibility index (Phi) is 5.72. The highest BCUT2D eigenvalue weighted by Crippen LogP contribution is 1.99. The van der Waals surface area contributed by atoms with Gasteiger partial charge in [-0.2, -0.15) is 4.99 Å². The molecule has 0 aromatic carbocycles. The molecule has 4 nitrogen and oxygen atoms in total. The van der Waals surface area contributed by atoms with Crippen molar-refractivity contribution in [2.75, 3.05) is 6.54 Å². The van der Waals surface area contributed by atoms with Crippen molar-refractivity contribution in [2.24, 2.45) is 9.98 Å². The number of carbonyl (C=O) groups excluding carboxylic acids is 2. The Morgan fingerprint density at radius 2 is 2.18 bits per heavy atom. The molecule has 0 aromatic heterocycles. The monoisotopic (exact) mass is 152 g/mol. The van der Waals surface area contributed by atoms with Crippen LogP contribution in [0.25, 0.3) is 0 Å². The van der Waals surface area contributed by atoms with E-state index in [-0.39, 0.29) is 6.54 Å². The van der Waals surface area contributed by atoms with Crippen molar-refractivity contribution in [3.8, 4) is 0 Å². The summed E-state index contributed by atoms with van der Waals surface area (Å²) in [7, 11) is 0. The van der Waals surface area contributed by atoms with Gasteiger partial charge in [-0.1, -0.05) is 6.92 Å². The second-order valence-electron chi connectivity index (χ2n) is 1.77. The fraction of sp³-hybridized carbons (Fsp3) is 0.429. The predicted molar refractivity (Wildman–Crippen MR) is 39.5 cm³/mol. The van der Waals surface area contributed by atoms with Crippen molar-refractivity contribution in [1.82, 2.24) is 0 Å². The van der Waals surface area contributed by atoms with Crippen molar-refractivity contribution in [2.45, 2.75) is 13.3 Å². The first kappa shape index (κ1) is 9.50. The normalized spacial score (nSPS) is 9.73. The van der Waals surface area contributed by atoms with Gasteiger partial charge in [-0.15, -0.1) is 0 Å². The van der Waals surface area contributed by atoms with E-state index in [0.717, 1.165) is 5.57 Å². The predicted octanol–water partition coefficient (Wildman–Crippen LogP) is 0.952. The van der Waals surface area contributed by atoms with Crippen LogP contribution in [0.2, 0.25) is 0 Å². The van der Waals surface area contributed by atoms with Gasteiger partial charge in [0.25, 0.3) is 0 Å². The summed E-state index contributed by atoms with van der Waals surface area (Å²) in [5, 5.41) is 0. The average molecular weight is 152 g/mol. The molecule has 0 atom stereocenters. The minimum atomic E-state index is 0.255. The Bertz CT molecular complexity index is 233. The zero-order valence-corrected chi connectivity index (χ0v) is 6.20. The van der Waals surface area contributed by atoms with Crippen LogP contribution in [-0.4, -0.2) is 18.7 Å². The largest absolute Gasteiger partial charge is 0.239 e. The number of hydrogen-bond acceptors (Lipinski definition) is 4. The van der Waals surface area contributed by atoms with Crippen LogP contribution in [0.1, 0.15) is 13.3 Å². The van der Waals surface area contributed by atoms with Gasteiger partial charge in [-0.05, 0) is 12.0 Å². The van der Waals surface area contributed by atoms with Crippen LogP contribution in [0.4, 0.5) is 0 Å². The summed E-state index contributed by atoms with van der Waals surface area (Å²) in [5.74, 6) is 0. The number of hydrogen-bond donors (Lipinski definition) is 0. The van der Waals surface area contributed by atoms with Crippen molar-refractivity contribution in [3.05, 3.63) is 11.8 Å². The summed E-state index contributed by atoms with van der Waals surface area (Å²) >= 11 is 0. The average Bonchev–Trinajstić information content (AvgIpc) is 2.05. The Hall–Kier alpha value is -1.50. The maximum absolute atomic E-state index is 9.67. The van der Waals surface area contributed by atoms with E-state index in [2.05, 4.69) is 9.98 Å². The Morgan fingerprint density at radius 1 is 1.45 bits per heavy atom. The summed E-state index contributed by atoms with van der Waals surface area (Å²) in [6.07, 6.45) is 4.83. The zero-order valence-electron chi connectivity index (χ0n) is 6.20. The van der Waals surface area contributed by atoms with Crippen LogP contribution in [0, 0.1) is 0 Å². The van der Waals surface area contributed by atoms with Gasteiger partial charge >= 0.3 is 0 Å². The van der Waals surface area contributed by atoms with Crippen molar-refractivity contribution in [1.29, 1.82) is 0 Å². The number of rotatable bonds is 4. The minimum absolute atomic E-state index is 0.255. The fourth-order valence-corrected chi connectivity index (χ4v) is 0.495. The molecule has 0 aliphatic heterocycles. The summed E-state index contributed by atoms with van der Waals surface area (Å²) in [5.41, 5.74) is 0.803. The minimum Gasteiger partial charge on any atom is -0.211 e. The lowest BCUT2D eigenvalue weighted by atomic mass is 10.2. The molecule has 11 heavy (non-hydrogen) atoms. The van der Waals surface area contributed by atoms with E-state index in [1.807, 2.05) is 6.92 Å². The van der Waals surface area contributed by atoms with Crippen LogP contribution in [-0.2, 0) is 9.59 Å². The number of isocyanates is 2. The topological polar surface area (TPSA) is 58.9 Å². The zero-order chi connectivity index (χ0) is 8.53. The molecule has 0 bridgehead atoms. The van der Waals surface area contributed by atoms with Crippen LogP contribution in [0.3, 0.4) is 0 Å². The fourth-order valence-electron chi connectivity index (χ4n) is 0.495. The Morgan fingerprint density at radius 3 is 2.64 bits per heavy atom. The van der Waals surface area contributed by atoms with Gasteiger partial charge in [0.05, 0.1) is 6.54 Å². The molecule has 0 aliphatic rings. The molecule has 4 heteroatoms. The molecule has 0 spiro atoms. The highest BCUT2D eigenvalue weighted by Gasteiger charge is 1.89. The van der Waals surface area contributed by atoms with Crippen LogP contribution >= 0.6 is 0 Å². The van der Waals surface area contributed by atoms with Gasteiger partial charge in [0, 0.05) is 6.20 Å². The third kappa shape index (κ3) is 4.97. The maximum atomic E-state index is 9.67. The summed E-state index contributed by atoms with van der Waals surface area (Å²) < 4.78 is 0. The molecule has 0 radical (unpaired) electrons. The van der Waals surface area contributed by atoms with E-state index < -0.39 is 0 Å². The van der Waals surface area contributed by atoms with Crippen LogP contribution in [0.15, 0.2) is 21.8 Å². The summed E-state index contributed by atoms with van der Waals surface area (Å²) in [6.45, 7) is 2.14. The van der Waals surface area contributed by atoms with Gasteiger partial charge in [-0.3, -0.25) is 0 Å². The van der Waals surface area contributed by atoms with E-state index in [1.165, 1.54) is 18.4 Å². The maximum Gasteiger partial charge on any atom is 0.239 e. The van der Waals surface area contributed by atoms with E-state index in [0.29, 0.717) is 6.42 Å². The molecule has 0 rings (SSSR count). The molecule has 0 amide bonds. The van der Waals surface area contributed by atoms with Crippen LogP contribution in [0.5, 0.6) is 0 Å². The third-order valence-corrected chi connectivity index (χ3v) is 1.10. The van der Waals surface area contributed by atoms with Gasteiger partial charge in [-0.25, -0.2) is 14.6 Å². The molecule has 0 saturated carbocycles. The van der Waals surface area contributed by atoms with E-state index in [4.69, 9.17) is 0 Å². The molecule has 58 valence electrons. The molecular formula is C7H8N2O2. The number of nitrogens with zero attached hydrogens (tertiary/aromatic N) is 2. The Balaban J connectivity index is 4.14. The second kappa shape index (κ2) is 6.62. The van der Waals surface area contributed by atoms with E-state index >= 15 is 0 Å². The van der Waals surface area contributed by atoms with E-state index in [9.17, 15) is 9.59 Å². The van der Waals surface area contributed by atoms with Gasteiger partial charge in [0.1, 0.15) is 0 Å². The van der Waals surface area contributed by atoms with Crippen LogP contribution < -0.4 is 0 Å². The molecular weight excluding hydrogens is 144 g/mol. The Labute approximate surface area is 64.4 Å².